The van der Waals surface area contributed by atoms with Crippen LogP contribution in [0.1, 0.15) is 44.4 Å². The minimum Gasteiger partial charge on any atom is -0.465 e. The molecule has 0 radical (unpaired) electrons. The second-order valence-electron chi connectivity index (χ2n) is 10.4. The number of imidazole rings is 1. The molecule has 5 atom stereocenters. The van der Waals surface area contributed by atoms with E-state index < -0.39 is 17.3 Å². The fraction of sp³-hybridized carbons (Fsp3) is 0.481. The highest BCUT2D eigenvalue weighted by Gasteiger charge is 2.80. The number of hydrogen-bond acceptors (Lipinski definition) is 9. The van der Waals surface area contributed by atoms with Crippen LogP contribution in [0, 0.1) is 23.4 Å². The van der Waals surface area contributed by atoms with Crippen LogP contribution in [0.3, 0.4) is 0 Å². The maximum atomic E-state index is 13.1. The number of fused-ring (bicyclic) bond motifs is 4. The molecule has 2 aromatic heterocycles. The van der Waals surface area contributed by atoms with E-state index in [0.29, 0.717) is 43.0 Å². The molecule has 2 saturated carbocycles. The molecule has 38 heavy (non-hydrogen) atoms. The summed E-state index contributed by atoms with van der Waals surface area (Å²) in [5.74, 6) is 2.07. The van der Waals surface area contributed by atoms with Crippen molar-refractivity contribution in [3.63, 3.8) is 0 Å². The number of nitrogens with one attached hydrogen (secondary N) is 1. The number of carbonyl (C=O) groups is 1. The first-order valence-electron chi connectivity index (χ1n) is 12.6. The van der Waals surface area contributed by atoms with Gasteiger partial charge in [0.15, 0.2) is 22.8 Å². The van der Waals surface area contributed by atoms with Crippen molar-refractivity contribution in [1.29, 1.82) is 0 Å². The Morgan fingerprint density at radius 2 is 2.13 bits per heavy atom. The quantitative estimate of drug-likeness (QED) is 0.264. The summed E-state index contributed by atoms with van der Waals surface area (Å²) >= 11 is 6.37. The van der Waals surface area contributed by atoms with E-state index in [1.807, 2.05) is 55.7 Å². The Morgan fingerprint density at radius 3 is 2.92 bits per heavy atom. The van der Waals surface area contributed by atoms with Crippen LogP contribution in [0.4, 0.5) is 5.82 Å². The van der Waals surface area contributed by atoms with Gasteiger partial charge < -0.3 is 29.2 Å². The van der Waals surface area contributed by atoms with Gasteiger partial charge in [-0.05, 0) is 49.9 Å². The number of aliphatic hydroxyl groups excluding tert-OH is 1. The van der Waals surface area contributed by atoms with Gasteiger partial charge in [-0.3, -0.25) is 4.79 Å². The Hall–Kier alpha value is -3.39. The molecule has 3 aromatic rings. The van der Waals surface area contributed by atoms with Gasteiger partial charge in [-0.1, -0.05) is 30.2 Å². The first-order valence-corrected chi connectivity index (χ1v) is 13.0. The summed E-state index contributed by atoms with van der Waals surface area (Å²) in [6.07, 6.45) is 3.98. The highest BCUT2D eigenvalue weighted by Crippen LogP contribution is 2.72. The van der Waals surface area contributed by atoms with Crippen molar-refractivity contribution >= 4 is 34.6 Å². The monoisotopic (exact) mass is 537 g/mol. The Kier molecular flexibility index (Phi) is 5.98. The fourth-order valence-corrected chi connectivity index (χ4v) is 6.27. The number of nitrogens with zero attached hydrogens (tertiary/aromatic N) is 4. The normalized spacial score (nSPS) is 28.3. The molecule has 2 aliphatic carbocycles. The summed E-state index contributed by atoms with van der Waals surface area (Å²) in [7, 11) is 0. The number of rotatable bonds is 7. The lowest BCUT2D eigenvalue weighted by Crippen LogP contribution is -2.36. The Bertz CT molecular complexity index is 1480. The highest BCUT2D eigenvalue weighted by molar-refractivity contribution is 6.28. The van der Waals surface area contributed by atoms with Crippen molar-refractivity contribution in [3.05, 3.63) is 47.0 Å². The van der Waals surface area contributed by atoms with Gasteiger partial charge in [0.2, 0.25) is 5.28 Å². The van der Waals surface area contributed by atoms with Crippen LogP contribution >= 0.6 is 11.6 Å². The van der Waals surface area contributed by atoms with E-state index >= 15 is 0 Å². The summed E-state index contributed by atoms with van der Waals surface area (Å²) in [6, 6.07) is 7.67. The van der Waals surface area contributed by atoms with Crippen LogP contribution in [0.2, 0.25) is 5.28 Å². The topological polar surface area (TPSA) is 121 Å². The lowest BCUT2D eigenvalue weighted by Gasteiger charge is -2.24. The number of esters is 1. The van der Waals surface area contributed by atoms with Crippen molar-refractivity contribution < 1.29 is 24.1 Å². The van der Waals surface area contributed by atoms with E-state index in [9.17, 15) is 4.79 Å². The Morgan fingerprint density at radius 1 is 1.32 bits per heavy atom. The maximum absolute atomic E-state index is 13.1. The van der Waals surface area contributed by atoms with E-state index in [4.69, 9.17) is 30.9 Å². The number of carbonyl (C=O) groups excluding carboxylic acids is 1. The van der Waals surface area contributed by atoms with Crippen molar-refractivity contribution in [1.82, 2.24) is 19.5 Å². The van der Waals surface area contributed by atoms with Crippen LogP contribution in [-0.2, 0) is 32.0 Å². The third-order valence-corrected chi connectivity index (χ3v) is 7.81. The molecule has 3 aliphatic rings. The van der Waals surface area contributed by atoms with Crippen LogP contribution in [0.15, 0.2) is 30.6 Å². The third-order valence-electron chi connectivity index (χ3n) is 7.64. The zero-order valence-corrected chi connectivity index (χ0v) is 22.0. The standard InChI is InChI=1S/C27H28ClN5O5/c1-4-36-24(35)27-12-17(27)19(20-21(27)38-26(2,3)37-20)33-14-30-18-22(31-25(28)32-23(18)33)29-13-16-8-5-7-15(11-16)9-6-10-34/h5,7-8,11,14,17,19-21,34H,4,9,12-13H2,1-3H3,(H,29,31,32)/t17-,19-,20+,21+,27+/m1/s1. The third kappa shape index (κ3) is 3.97. The first-order chi connectivity index (χ1) is 18.3. The van der Waals surface area contributed by atoms with Crippen LogP contribution < -0.4 is 5.32 Å². The average molecular weight is 538 g/mol. The Balaban J connectivity index is 1.32. The van der Waals surface area contributed by atoms with Crippen LogP contribution in [-0.4, -0.2) is 55.2 Å². The zero-order valence-electron chi connectivity index (χ0n) is 21.3. The number of ether oxygens (including phenoxy) is 3. The summed E-state index contributed by atoms with van der Waals surface area (Å²) in [5.41, 5.74) is 2.40. The molecule has 0 amide bonds. The molecule has 0 unspecified atom stereocenters. The Labute approximate surface area is 224 Å². The van der Waals surface area contributed by atoms with Gasteiger partial charge >= 0.3 is 5.97 Å². The second-order valence-corrected chi connectivity index (χ2v) is 10.7. The van der Waals surface area contributed by atoms with Crippen LogP contribution in [0.5, 0.6) is 0 Å². The second kappa shape index (κ2) is 9.12. The molecule has 3 fully saturated rings. The summed E-state index contributed by atoms with van der Waals surface area (Å²) in [5, 5.41) is 12.2. The minimum absolute atomic E-state index is 0.0278. The van der Waals surface area contributed by atoms with Crippen LogP contribution in [0.25, 0.3) is 11.2 Å². The number of aromatic nitrogens is 4. The molecule has 198 valence electrons. The average Bonchev–Trinajstić information content (AvgIpc) is 3.21. The van der Waals surface area contributed by atoms with E-state index in [0.717, 1.165) is 11.1 Å². The molecule has 2 N–H and O–H groups in total. The minimum atomic E-state index is -0.826. The van der Waals surface area contributed by atoms with E-state index in [1.54, 1.807) is 6.33 Å². The first kappa shape index (κ1) is 24.9. The van der Waals surface area contributed by atoms with Crippen molar-refractivity contribution in [2.45, 2.75) is 64.2 Å². The molecule has 10 nitrogen and oxygen atoms in total. The van der Waals surface area contributed by atoms with Gasteiger partial charge in [0, 0.05) is 18.9 Å². The van der Waals surface area contributed by atoms with Gasteiger partial charge in [-0.15, -0.1) is 0 Å². The molecule has 6 rings (SSSR count). The van der Waals surface area contributed by atoms with Crippen molar-refractivity contribution in [2.24, 2.45) is 11.3 Å². The summed E-state index contributed by atoms with van der Waals surface area (Å²) < 4.78 is 20.0. The van der Waals surface area contributed by atoms with Crippen molar-refractivity contribution in [3.8, 4) is 12.0 Å². The molecule has 3 heterocycles. The SMILES string of the molecule is CCOC(=O)[C@@]12C[C@@H]1[C@@H](n1cnc3c(NCc4cccc(CC#CO)c4)nc(Cl)nc31)[C@@H]1OC(C)(C)O[C@@H]12. The largest absolute Gasteiger partial charge is 0.465 e. The number of aliphatic hydroxyl groups is 1. The number of hydrogen-bond donors (Lipinski definition) is 2. The van der Waals surface area contributed by atoms with Gasteiger partial charge in [0.05, 0.1) is 19.0 Å². The maximum Gasteiger partial charge on any atom is 0.315 e. The fourth-order valence-electron chi connectivity index (χ4n) is 6.10. The van der Waals surface area contributed by atoms with Gasteiger partial charge in [0.1, 0.15) is 23.7 Å². The molecule has 1 aromatic carbocycles. The molecule has 11 heteroatoms. The highest BCUT2D eigenvalue weighted by atomic mass is 35.5. The molecule has 0 spiro atoms. The predicted octanol–water partition coefficient (Wildman–Crippen LogP) is 3.61. The van der Waals surface area contributed by atoms with E-state index in [-0.39, 0.29) is 29.3 Å². The van der Waals surface area contributed by atoms with Crippen molar-refractivity contribution in [2.75, 3.05) is 11.9 Å². The van der Waals surface area contributed by atoms with E-state index in [2.05, 4.69) is 26.2 Å². The number of benzene rings is 1. The lowest BCUT2D eigenvalue weighted by molar-refractivity contribution is -0.172. The number of anilines is 1. The molecule has 0 bridgehead atoms. The van der Waals surface area contributed by atoms with Gasteiger partial charge in [0.25, 0.3) is 0 Å². The molecular formula is C27H28ClN5O5. The lowest BCUT2D eigenvalue weighted by atomic mass is 9.99. The smallest absolute Gasteiger partial charge is 0.315 e. The summed E-state index contributed by atoms with van der Waals surface area (Å²) in [6.45, 7) is 6.31. The predicted molar refractivity (Wildman–Crippen MR) is 138 cm³/mol. The molecule has 1 saturated heterocycles. The number of halogens is 1. The zero-order chi connectivity index (χ0) is 26.7. The van der Waals surface area contributed by atoms with Gasteiger partial charge in [-0.2, -0.15) is 9.97 Å². The molecular weight excluding hydrogens is 510 g/mol. The van der Waals surface area contributed by atoms with Gasteiger partial charge in [-0.25, -0.2) is 4.98 Å². The van der Waals surface area contributed by atoms with E-state index in [1.165, 1.54) is 0 Å². The summed E-state index contributed by atoms with van der Waals surface area (Å²) in [4.78, 5) is 26.6. The molecule has 1 aliphatic heterocycles.